The van der Waals surface area contributed by atoms with Crippen LogP contribution in [0.15, 0.2) is 11.3 Å². The number of ether oxygens (including phenoxy) is 1. The number of Topliss-reactive ketones (excluding diaryl/α,β-unsaturated/α-hetero) is 1. The second-order valence-corrected chi connectivity index (χ2v) is 4.96. The third kappa shape index (κ3) is 1.41. The summed E-state index contributed by atoms with van der Waals surface area (Å²) in [5.74, 6) is 0.356. The van der Waals surface area contributed by atoms with Crippen molar-refractivity contribution < 1.29 is 14.6 Å². The summed E-state index contributed by atoms with van der Waals surface area (Å²) < 4.78 is 5.63. The van der Waals surface area contributed by atoms with Gasteiger partial charge in [-0.15, -0.1) is 0 Å². The Hall–Kier alpha value is -0.830. The molecule has 2 aliphatic carbocycles. The van der Waals surface area contributed by atoms with Crippen molar-refractivity contribution in [3.63, 3.8) is 0 Å². The highest BCUT2D eigenvalue weighted by atomic mass is 16.6. The maximum Gasteiger partial charge on any atom is 0.208 e. The third-order valence-electron chi connectivity index (χ3n) is 3.82. The van der Waals surface area contributed by atoms with E-state index in [-0.39, 0.29) is 11.7 Å². The summed E-state index contributed by atoms with van der Waals surface area (Å²) in [6, 6.07) is 0. The number of rotatable bonds is 0. The van der Waals surface area contributed by atoms with Crippen LogP contribution in [0.25, 0.3) is 0 Å². The summed E-state index contributed by atoms with van der Waals surface area (Å²) in [5, 5.41) is 10.2. The molecule has 0 spiro atoms. The molecular weight excluding hydrogens is 192 g/mol. The van der Waals surface area contributed by atoms with Crippen molar-refractivity contribution in [3.05, 3.63) is 11.3 Å². The molecule has 1 N–H and O–H groups in total. The Morgan fingerprint density at radius 3 is 3.07 bits per heavy atom. The van der Waals surface area contributed by atoms with Crippen LogP contribution in [0.4, 0.5) is 0 Å². The Balaban J connectivity index is 2.02. The van der Waals surface area contributed by atoms with Crippen LogP contribution in [0, 0.1) is 5.92 Å². The normalized spacial score (nSPS) is 39.8. The highest BCUT2D eigenvalue weighted by Crippen LogP contribution is 2.46. The zero-order chi connectivity index (χ0) is 10.5. The number of hydrogen-bond donors (Lipinski definition) is 1. The molecule has 1 saturated carbocycles. The molecule has 2 bridgehead atoms. The molecule has 0 saturated heterocycles. The molecule has 0 aromatic heterocycles. The van der Waals surface area contributed by atoms with Gasteiger partial charge >= 0.3 is 0 Å². The minimum Gasteiger partial charge on any atom is -0.466 e. The van der Waals surface area contributed by atoms with Crippen molar-refractivity contribution in [3.8, 4) is 0 Å². The van der Waals surface area contributed by atoms with Gasteiger partial charge in [-0.05, 0) is 25.2 Å². The van der Waals surface area contributed by atoms with Crippen molar-refractivity contribution in [1.29, 1.82) is 0 Å². The number of hydrogen-bond acceptors (Lipinski definition) is 3. The second kappa shape index (κ2) is 3.08. The first-order valence-corrected chi connectivity index (χ1v) is 5.86. The Kier molecular flexibility index (Phi) is 1.93. The lowest BCUT2D eigenvalue weighted by molar-refractivity contribution is -0.216. The van der Waals surface area contributed by atoms with Crippen molar-refractivity contribution in [2.75, 3.05) is 0 Å². The molecule has 3 heteroatoms. The van der Waals surface area contributed by atoms with E-state index in [4.69, 9.17) is 4.74 Å². The molecule has 0 aromatic rings. The number of aliphatic hydroxyl groups is 1. The van der Waals surface area contributed by atoms with Gasteiger partial charge in [-0.25, -0.2) is 0 Å². The van der Waals surface area contributed by atoms with Gasteiger partial charge in [-0.3, -0.25) is 4.79 Å². The predicted molar refractivity (Wildman–Crippen MR) is 53.9 cm³/mol. The lowest BCUT2D eigenvalue weighted by atomic mass is 9.74. The largest absolute Gasteiger partial charge is 0.466 e. The van der Waals surface area contributed by atoms with Crippen LogP contribution in [0.3, 0.4) is 0 Å². The SMILES string of the molecule is O=C1CCCC2=C1[C@H]1CCC[C@@](O)(C1)O2. The van der Waals surface area contributed by atoms with Crippen LogP contribution in [-0.2, 0) is 9.53 Å². The predicted octanol–water partition coefficient (Wildman–Crippen LogP) is 1.90. The van der Waals surface area contributed by atoms with E-state index >= 15 is 0 Å². The van der Waals surface area contributed by atoms with E-state index in [1.165, 1.54) is 0 Å². The Morgan fingerprint density at radius 1 is 1.33 bits per heavy atom. The van der Waals surface area contributed by atoms with Gasteiger partial charge in [0.15, 0.2) is 5.78 Å². The fourth-order valence-corrected chi connectivity index (χ4v) is 3.18. The average Bonchev–Trinajstić information content (AvgIpc) is 2.16. The molecule has 0 radical (unpaired) electrons. The van der Waals surface area contributed by atoms with Crippen LogP contribution in [0.2, 0.25) is 0 Å². The van der Waals surface area contributed by atoms with Crippen LogP contribution in [0.1, 0.15) is 44.9 Å². The van der Waals surface area contributed by atoms with Crippen molar-refractivity contribution >= 4 is 5.78 Å². The Bertz CT molecular complexity index is 345. The maximum atomic E-state index is 11.8. The summed E-state index contributed by atoms with van der Waals surface area (Å²) in [7, 11) is 0. The van der Waals surface area contributed by atoms with Crippen LogP contribution in [0.5, 0.6) is 0 Å². The highest BCUT2D eigenvalue weighted by molar-refractivity contribution is 5.97. The van der Waals surface area contributed by atoms with Gasteiger partial charge in [0.25, 0.3) is 0 Å². The summed E-state index contributed by atoms with van der Waals surface area (Å²) in [6.07, 6.45) is 5.71. The van der Waals surface area contributed by atoms with Gasteiger partial charge in [0, 0.05) is 31.3 Å². The van der Waals surface area contributed by atoms with Crippen molar-refractivity contribution in [2.24, 2.45) is 5.92 Å². The number of carbonyl (C=O) groups is 1. The molecular formula is C12H16O3. The topological polar surface area (TPSA) is 46.5 Å². The monoisotopic (exact) mass is 208 g/mol. The molecule has 0 unspecified atom stereocenters. The Labute approximate surface area is 89.1 Å². The first-order valence-electron chi connectivity index (χ1n) is 5.86. The molecule has 3 aliphatic rings. The van der Waals surface area contributed by atoms with E-state index in [9.17, 15) is 9.90 Å². The number of ketones is 1. The van der Waals surface area contributed by atoms with E-state index in [1.807, 2.05) is 0 Å². The second-order valence-electron chi connectivity index (χ2n) is 4.96. The van der Waals surface area contributed by atoms with Crippen LogP contribution < -0.4 is 0 Å². The fourth-order valence-electron chi connectivity index (χ4n) is 3.18. The quantitative estimate of drug-likeness (QED) is 0.661. The highest BCUT2D eigenvalue weighted by Gasteiger charge is 2.45. The van der Waals surface area contributed by atoms with E-state index < -0.39 is 5.79 Å². The molecule has 3 nitrogen and oxygen atoms in total. The maximum absolute atomic E-state index is 11.8. The Morgan fingerprint density at radius 2 is 2.20 bits per heavy atom. The smallest absolute Gasteiger partial charge is 0.208 e. The molecule has 0 amide bonds. The number of carbonyl (C=O) groups excluding carboxylic acids is 1. The minimum absolute atomic E-state index is 0.255. The molecule has 2 atom stereocenters. The average molecular weight is 208 g/mol. The molecule has 1 heterocycles. The summed E-state index contributed by atoms with van der Waals surface area (Å²) in [6.45, 7) is 0. The molecule has 1 aliphatic heterocycles. The van der Waals surface area contributed by atoms with Crippen molar-refractivity contribution in [1.82, 2.24) is 0 Å². The lowest BCUT2D eigenvalue weighted by Gasteiger charge is -2.44. The minimum atomic E-state index is -0.959. The van der Waals surface area contributed by atoms with Crippen LogP contribution in [-0.4, -0.2) is 16.7 Å². The molecule has 82 valence electrons. The summed E-state index contributed by atoms with van der Waals surface area (Å²) in [5.41, 5.74) is 0.908. The third-order valence-corrected chi connectivity index (χ3v) is 3.82. The standard InChI is InChI=1S/C12H16O3/c13-9-4-1-5-10-11(9)8-3-2-6-12(14,7-8)15-10/h8,14H,1-7H2/t8-,12-/m0/s1. The van der Waals surface area contributed by atoms with E-state index in [1.54, 1.807) is 0 Å². The molecule has 3 rings (SSSR count). The first-order chi connectivity index (χ1) is 7.18. The van der Waals surface area contributed by atoms with E-state index in [0.29, 0.717) is 19.3 Å². The van der Waals surface area contributed by atoms with E-state index in [2.05, 4.69) is 0 Å². The van der Waals surface area contributed by atoms with E-state index in [0.717, 1.165) is 37.0 Å². The van der Waals surface area contributed by atoms with Gasteiger partial charge in [0.05, 0.1) is 0 Å². The van der Waals surface area contributed by atoms with Crippen LogP contribution >= 0.6 is 0 Å². The lowest BCUT2D eigenvalue weighted by Crippen LogP contribution is -2.44. The van der Waals surface area contributed by atoms with Gasteiger partial charge < -0.3 is 9.84 Å². The molecule has 1 fully saturated rings. The molecule has 0 aromatic carbocycles. The fraction of sp³-hybridized carbons (Fsp3) is 0.750. The van der Waals surface area contributed by atoms with Gasteiger partial charge in [-0.2, -0.15) is 0 Å². The molecule has 15 heavy (non-hydrogen) atoms. The number of fused-ring (bicyclic) bond motifs is 3. The van der Waals surface area contributed by atoms with Gasteiger partial charge in [0.2, 0.25) is 5.79 Å². The first kappa shape index (κ1) is 9.40. The zero-order valence-corrected chi connectivity index (χ0v) is 8.79. The number of allylic oxidation sites excluding steroid dienone is 2. The summed E-state index contributed by atoms with van der Waals surface area (Å²) >= 11 is 0. The van der Waals surface area contributed by atoms with Gasteiger partial charge in [0.1, 0.15) is 5.76 Å². The summed E-state index contributed by atoms with van der Waals surface area (Å²) in [4.78, 5) is 11.8. The van der Waals surface area contributed by atoms with Gasteiger partial charge in [-0.1, -0.05) is 0 Å². The van der Waals surface area contributed by atoms with Crippen molar-refractivity contribution in [2.45, 2.75) is 50.7 Å². The zero-order valence-electron chi connectivity index (χ0n) is 8.79.